The Morgan fingerprint density at radius 1 is 1.25 bits per heavy atom. The number of likely N-dealkylation sites (N-methyl/N-ethyl adjacent to an activating group) is 1. The van der Waals surface area contributed by atoms with E-state index < -0.39 is 11.5 Å². The van der Waals surface area contributed by atoms with E-state index in [4.69, 9.17) is 5.73 Å². The Kier molecular flexibility index (Phi) is 3.56. The van der Waals surface area contributed by atoms with E-state index in [1.54, 1.807) is 11.9 Å². The van der Waals surface area contributed by atoms with Gasteiger partial charge in [-0.3, -0.25) is 9.59 Å². The number of rotatable bonds is 0. The summed E-state index contributed by atoms with van der Waals surface area (Å²) in [4.78, 5) is 28.0. The van der Waals surface area contributed by atoms with Crippen molar-refractivity contribution in [2.24, 2.45) is 11.1 Å². The Balaban J connectivity index is 2.55. The van der Waals surface area contributed by atoms with Gasteiger partial charge in [-0.15, -0.1) is 0 Å². The van der Waals surface area contributed by atoms with E-state index in [1.165, 1.54) is 4.90 Å². The average molecular weight is 275 g/mol. The molecule has 0 saturated heterocycles. The second kappa shape index (κ2) is 4.90. The summed E-state index contributed by atoms with van der Waals surface area (Å²) >= 11 is 0. The number of hydrogen-bond acceptors (Lipinski definition) is 3. The minimum Gasteiger partial charge on any atom is -0.318 e. The van der Waals surface area contributed by atoms with E-state index in [0.29, 0.717) is 5.69 Å². The third kappa shape index (κ3) is 2.41. The Hall–Kier alpha value is -1.88. The third-order valence-corrected chi connectivity index (χ3v) is 3.45. The number of nitrogens with two attached hydrogens (primary N) is 1. The zero-order chi connectivity index (χ0) is 15.1. The van der Waals surface area contributed by atoms with Gasteiger partial charge in [0.05, 0.1) is 17.9 Å². The summed E-state index contributed by atoms with van der Waals surface area (Å²) in [6.07, 6.45) is 0. The fourth-order valence-corrected chi connectivity index (χ4v) is 2.31. The largest absolute Gasteiger partial charge is 0.318 e. The van der Waals surface area contributed by atoms with E-state index >= 15 is 0 Å². The number of fused-ring (bicyclic) bond motifs is 1. The van der Waals surface area contributed by atoms with Crippen LogP contribution in [0.2, 0.25) is 0 Å². The maximum atomic E-state index is 12.6. The highest BCUT2D eigenvalue weighted by molar-refractivity contribution is 6.07. The summed E-state index contributed by atoms with van der Waals surface area (Å²) in [7, 11) is 1.69. The summed E-state index contributed by atoms with van der Waals surface area (Å²) in [6, 6.07) is 6.67. The van der Waals surface area contributed by atoms with Crippen LogP contribution in [0.4, 0.5) is 11.4 Å². The highest BCUT2D eigenvalue weighted by Gasteiger charge is 2.36. The van der Waals surface area contributed by atoms with E-state index in [2.05, 4.69) is 0 Å². The van der Waals surface area contributed by atoms with Gasteiger partial charge in [-0.25, -0.2) is 0 Å². The molecule has 1 heterocycles. The lowest BCUT2D eigenvalue weighted by Crippen LogP contribution is -2.49. The smallest absolute Gasteiger partial charge is 0.245 e. The molecule has 20 heavy (non-hydrogen) atoms. The van der Waals surface area contributed by atoms with Crippen LogP contribution in [0.15, 0.2) is 24.3 Å². The van der Waals surface area contributed by atoms with Crippen molar-refractivity contribution in [3.05, 3.63) is 24.3 Å². The lowest BCUT2D eigenvalue weighted by atomic mass is 9.94. The first kappa shape index (κ1) is 14.5. The number of amides is 2. The summed E-state index contributed by atoms with van der Waals surface area (Å²) in [6.45, 7) is 5.79. The lowest BCUT2D eigenvalue weighted by Gasteiger charge is -2.30. The number of anilines is 2. The van der Waals surface area contributed by atoms with Gasteiger partial charge >= 0.3 is 0 Å². The highest BCUT2D eigenvalue weighted by atomic mass is 16.2. The van der Waals surface area contributed by atoms with Crippen LogP contribution in [0.5, 0.6) is 0 Å². The molecule has 1 aliphatic heterocycles. The second-order valence-electron chi connectivity index (χ2n) is 6.16. The normalized spacial score (nSPS) is 19.6. The molecule has 2 N–H and O–H groups in total. The van der Waals surface area contributed by atoms with Crippen molar-refractivity contribution in [2.75, 3.05) is 23.4 Å². The van der Waals surface area contributed by atoms with Crippen LogP contribution >= 0.6 is 0 Å². The maximum absolute atomic E-state index is 12.6. The molecule has 2 amide bonds. The third-order valence-electron chi connectivity index (χ3n) is 3.45. The maximum Gasteiger partial charge on any atom is 0.245 e. The van der Waals surface area contributed by atoms with Gasteiger partial charge in [0.2, 0.25) is 11.8 Å². The van der Waals surface area contributed by atoms with Crippen LogP contribution in [-0.2, 0) is 9.59 Å². The molecule has 0 spiro atoms. The van der Waals surface area contributed by atoms with E-state index in [9.17, 15) is 9.59 Å². The molecule has 0 unspecified atom stereocenters. The average Bonchev–Trinajstić information content (AvgIpc) is 2.49. The topological polar surface area (TPSA) is 66.6 Å². The van der Waals surface area contributed by atoms with Crippen molar-refractivity contribution in [3.63, 3.8) is 0 Å². The standard InChI is InChI=1S/C15H21N3O2/c1-15(2,3)14(20)18-9-10(16)13(19)17(4)11-7-5-6-8-12(11)18/h5-8,10H,9,16H2,1-4H3/t10-/m0/s1. The quantitative estimate of drug-likeness (QED) is 0.777. The van der Waals surface area contributed by atoms with Crippen LogP contribution in [0.25, 0.3) is 0 Å². The van der Waals surface area contributed by atoms with Gasteiger partial charge in [-0.05, 0) is 12.1 Å². The molecule has 0 bridgehead atoms. The van der Waals surface area contributed by atoms with Crippen LogP contribution in [0.1, 0.15) is 20.8 Å². The van der Waals surface area contributed by atoms with Crippen molar-refractivity contribution in [3.8, 4) is 0 Å². The molecule has 1 aliphatic rings. The SMILES string of the molecule is CN1C(=O)[C@@H](N)CN(C(=O)C(C)(C)C)c2ccccc21. The van der Waals surface area contributed by atoms with Crippen molar-refractivity contribution in [2.45, 2.75) is 26.8 Å². The van der Waals surface area contributed by atoms with E-state index in [1.807, 2.05) is 45.0 Å². The molecule has 0 aromatic heterocycles. The first-order valence-electron chi connectivity index (χ1n) is 6.67. The molecule has 108 valence electrons. The van der Waals surface area contributed by atoms with Gasteiger partial charge in [0, 0.05) is 12.5 Å². The first-order chi connectivity index (χ1) is 9.23. The number of hydrogen-bond donors (Lipinski definition) is 1. The molecule has 2 rings (SSSR count). The van der Waals surface area contributed by atoms with E-state index in [-0.39, 0.29) is 18.4 Å². The Labute approximate surface area is 119 Å². The Bertz CT molecular complexity index is 548. The summed E-state index contributed by atoms with van der Waals surface area (Å²) in [5.41, 5.74) is 6.85. The second-order valence-corrected chi connectivity index (χ2v) is 6.16. The van der Waals surface area contributed by atoms with Crippen LogP contribution in [0.3, 0.4) is 0 Å². The fourth-order valence-electron chi connectivity index (χ4n) is 2.31. The molecule has 1 aromatic carbocycles. The lowest BCUT2D eigenvalue weighted by molar-refractivity contribution is -0.125. The molecule has 0 saturated carbocycles. The van der Waals surface area contributed by atoms with Crippen molar-refractivity contribution in [1.29, 1.82) is 0 Å². The number of benzene rings is 1. The minimum atomic E-state index is -0.710. The number of para-hydroxylation sites is 2. The molecule has 1 aromatic rings. The molecular weight excluding hydrogens is 254 g/mol. The minimum absolute atomic E-state index is 0.0384. The molecule has 1 atom stereocenters. The van der Waals surface area contributed by atoms with Crippen molar-refractivity contribution < 1.29 is 9.59 Å². The number of nitrogens with zero attached hydrogens (tertiary/aromatic N) is 2. The van der Waals surface area contributed by atoms with Gasteiger partial charge in [0.15, 0.2) is 0 Å². The summed E-state index contributed by atoms with van der Waals surface area (Å²) < 4.78 is 0. The highest BCUT2D eigenvalue weighted by Crippen LogP contribution is 2.34. The fraction of sp³-hybridized carbons (Fsp3) is 0.467. The van der Waals surface area contributed by atoms with Crippen LogP contribution in [-0.4, -0.2) is 31.4 Å². The van der Waals surface area contributed by atoms with Gasteiger partial charge in [-0.2, -0.15) is 0 Å². The number of carbonyl (C=O) groups excluding carboxylic acids is 2. The zero-order valence-corrected chi connectivity index (χ0v) is 12.4. The Morgan fingerprint density at radius 2 is 1.80 bits per heavy atom. The first-order valence-corrected chi connectivity index (χ1v) is 6.67. The number of carbonyl (C=O) groups is 2. The molecule has 0 aliphatic carbocycles. The van der Waals surface area contributed by atoms with E-state index in [0.717, 1.165) is 5.69 Å². The van der Waals surface area contributed by atoms with Crippen LogP contribution < -0.4 is 15.5 Å². The molecule has 5 heteroatoms. The van der Waals surface area contributed by atoms with Gasteiger partial charge in [0.25, 0.3) is 0 Å². The monoisotopic (exact) mass is 275 g/mol. The molecular formula is C15H21N3O2. The van der Waals surface area contributed by atoms with Gasteiger partial charge < -0.3 is 15.5 Å². The predicted octanol–water partition coefficient (Wildman–Crippen LogP) is 1.37. The predicted molar refractivity (Wildman–Crippen MR) is 79.6 cm³/mol. The van der Waals surface area contributed by atoms with Crippen LogP contribution in [0, 0.1) is 5.41 Å². The zero-order valence-electron chi connectivity index (χ0n) is 12.4. The summed E-state index contributed by atoms with van der Waals surface area (Å²) in [5, 5.41) is 0. The van der Waals surface area contributed by atoms with Gasteiger partial charge in [0.1, 0.15) is 6.04 Å². The molecule has 0 radical (unpaired) electrons. The Morgan fingerprint density at radius 3 is 2.35 bits per heavy atom. The van der Waals surface area contributed by atoms with Crippen molar-refractivity contribution in [1.82, 2.24) is 0 Å². The molecule has 0 fully saturated rings. The van der Waals surface area contributed by atoms with Gasteiger partial charge in [-0.1, -0.05) is 32.9 Å². The van der Waals surface area contributed by atoms with Crippen molar-refractivity contribution >= 4 is 23.2 Å². The molecule has 5 nitrogen and oxygen atoms in total. The summed E-state index contributed by atoms with van der Waals surface area (Å²) in [5.74, 6) is -0.217.